The minimum atomic E-state index is -4.61. The Morgan fingerprint density at radius 3 is 2.40 bits per heavy atom. The van der Waals surface area contributed by atoms with Crippen molar-refractivity contribution < 1.29 is 23.1 Å². The van der Waals surface area contributed by atoms with Crippen molar-refractivity contribution in [1.29, 1.82) is 0 Å². The average molecular weight is 349 g/mol. The predicted octanol–water partition coefficient (Wildman–Crippen LogP) is 3.82. The van der Waals surface area contributed by atoms with Gasteiger partial charge in [0, 0.05) is 5.56 Å². The fourth-order valence-corrected chi connectivity index (χ4v) is 2.69. The van der Waals surface area contributed by atoms with Gasteiger partial charge >= 0.3 is 12.1 Å². The molecule has 0 aliphatic carbocycles. The van der Waals surface area contributed by atoms with Crippen LogP contribution < -0.4 is 0 Å². The van der Waals surface area contributed by atoms with E-state index in [9.17, 15) is 18.0 Å². The highest BCUT2D eigenvalue weighted by Crippen LogP contribution is 2.38. The molecule has 0 unspecified atom stereocenters. The molecule has 1 aromatic carbocycles. The van der Waals surface area contributed by atoms with E-state index in [0.717, 1.165) is 16.3 Å². The van der Waals surface area contributed by atoms with Crippen LogP contribution in [0.25, 0.3) is 22.3 Å². The quantitative estimate of drug-likeness (QED) is 0.781. The molecule has 130 valence electrons. The van der Waals surface area contributed by atoms with Gasteiger partial charge in [0.25, 0.3) is 0 Å². The van der Waals surface area contributed by atoms with Crippen molar-refractivity contribution in [2.24, 2.45) is 0 Å². The number of hydrogen-bond acceptors (Lipinski definition) is 3. The molecule has 0 spiro atoms. The molecule has 0 saturated heterocycles. The summed E-state index contributed by atoms with van der Waals surface area (Å²) in [7, 11) is 0. The maximum absolute atomic E-state index is 13.5. The van der Waals surface area contributed by atoms with Crippen LogP contribution in [0.2, 0.25) is 0 Å². The van der Waals surface area contributed by atoms with Crippen molar-refractivity contribution in [2.45, 2.75) is 26.6 Å². The standard InChI is InChI=1S/C17H14F3N3O2/c1-9-3-5-11(6-4-9)13-7-12(17(18,19)20)15-10(2)22-23(8-14(24)25)16(15)21-13/h3-7H,8H2,1-2H3,(H,24,25). The van der Waals surface area contributed by atoms with E-state index in [1.807, 2.05) is 6.92 Å². The molecule has 0 radical (unpaired) electrons. The summed E-state index contributed by atoms with van der Waals surface area (Å²) in [4.78, 5) is 15.2. The van der Waals surface area contributed by atoms with Crippen molar-refractivity contribution in [3.8, 4) is 11.3 Å². The summed E-state index contributed by atoms with van der Waals surface area (Å²) in [5, 5.41) is 12.7. The van der Waals surface area contributed by atoms with Crippen molar-refractivity contribution in [3.63, 3.8) is 0 Å². The van der Waals surface area contributed by atoms with Crippen LogP contribution in [0, 0.1) is 13.8 Å². The molecule has 1 N–H and O–H groups in total. The smallest absolute Gasteiger partial charge is 0.417 e. The third-order valence-corrected chi connectivity index (χ3v) is 3.82. The molecule has 2 aromatic heterocycles. The van der Waals surface area contributed by atoms with E-state index < -0.39 is 24.3 Å². The summed E-state index contributed by atoms with van der Waals surface area (Å²) < 4.78 is 41.6. The molecule has 2 heterocycles. The van der Waals surface area contributed by atoms with Crippen LogP contribution in [0.15, 0.2) is 30.3 Å². The number of aromatic nitrogens is 3. The van der Waals surface area contributed by atoms with Gasteiger partial charge in [-0.3, -0.25) is 4.79 Å². The van der Waals surface area contributed by atoms with Crippen LogP contribution >= 0.6 is 0 Å². The van der Waals surface area contributed by atoms with E-state index >= 15 is 0 Å². The summed E-state index contributed by atoms with van der Waals surface area (Å²) in [6, 6.07) is 7.87. The zero-order chi connectivity index (χ0) is 18.4. The summed E-state index contributed by atoms with van der Waals surface area (Å²) >= 11 is 0. The number of aryl methyl sites for hydroxylation is 2. The molecular weight excluding hydrogens is 335 g/mol. The molecule has 25 heavy (non-hydrogen) atoms. The number of rotatable bonds is 3. The monoisotopic (exact) mass is 349 g/mol. The van der Waals surface area contributed by atoms with Gasteiger partial charge < -0.3 is 5.11 Å². The van der Waals surface area contributed by atoms with Crippen LogP contribution in [-0.4, -0.2) is 25.8 Å². The van der Waals surface area contributed by atoms with Gasteiger partial charge in [0.1, 0.15) is 6.54 Å². The molecule has 3 aromatic rings. The zero-order valence-corrected chi connectivity index (χ0v) is 13.4. The molecule has 5 nitrogen and oxygen atoms in total. The number of benzene rings is 1. The van der Waals surface area contributed by atoms with Gasteiger partial charge in [-0.15, -0.1) is 0 Å². The lowest BCUT2D eigenvalue weighted by Crippen LogP contribution is -2.12. The van der Waals surface area contributed by atoms with Gasteiger partial charge in [0.15, 0.2) is 5.65 Å². The Bertz CT molecular complexity index is 960. The third kappa shape index (κ3) is 3.19. The van der Waals surface area contributed by atoms with Crippen LogP contribution in [-0.2, 0) is 17.5 Å². The molecular formula is C17H14F3N3O2. The van der Waals surface area contributed by atoms with E-state index in [0.29, 0.717) is 5.56 Å². The van der Waals surface area contributed by atoms with E-state index in [2.05, 4.69) is 10.1 Å². The highest BCUT2D eigenvalue weighted by Gasteiger charge is 2.35. The lowest BCUT2D eigenvalue weighted by molar-refractivity contribution is -0.138. The Morgan fingerprint density at radius 2 is 1.84 bits per heavy atom. The molecule has 0 aliphatic rings. The van der Waals surface area contributed by atoms with Crippen LogP contribution in [0.5, 0.6) is 0 Å². The Balaban J connectivity index is 2.32. The Morgan fingerprint density at radius 1 is 1.20 bits per heavy atom. The van der Waals surface area contributed by atoms with Crippen molar-refractivity contribution >= 4 is 17.0 Å². The van der Waals surface area contributed by atoms with E-state index in [-0.39, 0.29) is 22.4 Å². The number of carboxylic acid groups (broad SMARTS) is 1. The van der Waals surface area contributed by atoms with Crippen LogP contribution in [0.1, 0.15) is 16.8 Å². The number of fused-ring (bicyclic) bond motifs is 1. The number of nitrogens with zero attached hydrogens (tertiary/aromatic N) is 3. The first-order valence-corrected chi connectivity index (χ1v) is 7.41. The largest absolute Gasteiger partial charge is 0.480 e. The lowest BCUT2D eigenvalue weighted by Gasteiger charge is -2.11. The lowest BCUT2D eigenvalue weighted by atomic mass is 10.0. The normalized spacial score (nSPS) is 11.9. The third-order valence-electron chi connectivity index (χ3n) is 3.82. The maximum Gasteiger partial charge on any atom is 0.417 e. The SMILES string of the molecule is Cc1ccc(-c2cc(C(F)(F)F)c3c(C)nn(CC(=O)O)c3n2)cc1. The van der Waals surface area contributed by atoms with E-state index in [1.165, 1.54) is 6.92 Å². The summed E-state index contributed by atoms with van der Waals surface area (Å²) in [5.74, 6) is -1.21. The van der Waals surface area contributed by atoms with Gasteiger partial charge in [0.2, 0.25) is 0 Å². The first-order chi connectivity index (χ1) is 11.7. The number of aliphatic carboxylic acids is 1. The molecule has 0 saturated carbocycles. The van der Waals surface area contributed by atoms with Gasteiger partial charge in [-0.2, -0.15) is 18.3 Å². The van der Waals surface area contributed by atoms with Gasteiger partial charge in [-0.1, -0.05) is 29.8 Å². The minimum Gasteiger partial charge on any atom is -0.480 e. The van der Waals surface area contributed by atoms with Gasteiger partial charge in [-0.05, 0) is 19.9 Å². The fourth-order valence-electron chi connectivity index (χ4n) is 2.69. The summed E-state index contributed by atoms with van der Waals surface area (Å²) in [6.45, 7) is 2.71. The number of carbonyl (C=O) groups is 1. The second kappa shape index (κ2) is 5.87. The second-order valence-corrected chi connectivity index (χ2v) is 5.75. The fraction of sp³-hybridized carbons (Fsp3) is 0.235. The Labute approximate surface area is 140 Å². The first kappa shape index (κ1) is 16.9. The molecule has 0 atom stereocenters. The van der Waals surface area contributed by atoms with E-state index in [1.54, 1.807) is 24.3 Å². The molecule has 0 fully saturated rings. The number of pyridine rings is 1. The number of alkyl halides is 3. The first-order valence-electron chi connectivity index (χ1n) is 7.41. The highest BCUT2D eigenvalue weighted by molar-refractivity contribution is 5.86. The Hall–Kier alpha value is -2.90. The summed E-state index contributed by atoms with van der Waals surface area (Å²) in [5.41, 5.74) is 0.719. The second-order valence-electron chi connectivity index (χ2n) is 5.75. The van der Waals surface area contributed by atoms with Crippen LogP contribution in [0.3, 0.4) is 0 Å². The minimum absolute atomic E-state index is 0.0894. The van der Waals surface area contributed by atoms with Crippen molar-refractivity contribution in [2.75, 3.05) is 0 Å². The highest BCUT2D eigenvalue weighted by atomic mass is 19.4. The van der Waals surface area contributed by atoms with Gasteiger partial charge in [-0.25, -0.2) is 9.67 Å². The molecule has 0 aliphatic heterocycles. The van der Waals surface area contributed by atoms with Crippen LogP contribution in [0.4, 0.5) is 13.2 Å². The molecule has 3 rings (SSSR count). The van der Waals surface area contributed by atoms with Gasteiger partial charge in [0.05, 0.1) is 22.3 Å². The number of halogens is 3. The van der Waals surface area contributed by atoms with Crippen molar-refractivity contribution in [1.82, 2.24) is 14.8 Å². The molecule has 0 amide bonds. The number of carboxylic acids is 1. The molecule has 0 bridgehead atoms. The van der Waals surface area contributed by atoms with E-state index in [4.69, 9.17) is 5.11 Å². The maximum atomic E-state index is 13.5. The van der Waals surface area contributed by atoms with Crippen molar-refractivity contribution in [3.05, 3.63) is 47.2 Å². The molecule has 8 heteroatoms. The topological polar surface area (TPSA) is 68.0 Å². The average Bonchev–Trinajstić information content (AvgIpc) is 2.82. The zero-order valence-electron chi connectivity index (χ0n) is 13.4. The number of hydrogen-bond donors (Lipinski definition) is 1. The predicted molar refractivity (Wildman–Crippen MR) is 85.1 cm³/mol. The Kier molecular flexibility index (Phi) is 3.98. The summed E-state index contributed by atoms with van der Waals surface area (Å²) in [6.07, 6.45) is -4.61.